The van der Waals surface area contributed by atoms with Crippen molar-refractivity contribution in [1.29, 1.82) is 0 Å². The van der Waals surface area contributed by atoms with Gasteiger partial charge in [-0.15, -0.1) is 0 Å². The third kappa shape index (κ3) is 4.20. The first kappa shape index (κ1) is 15.3. The smallest absolute Gasteiger partial charge is 0.129 e. The molecule has 0 bridgehead atoms. The average molecular weight is 275 g/mol. The molecular weight excluding hydrogens is 246 g/mol. The van der Waals surface area contributed by atoms with Crippen LogP contribution in [0.4, 0.5) is 5.82 Å². The van der Waals surface area contributed by atoms with Crippen LogP contribution in [0.1, 0.15) is 51.3 Å². The molecule has 1 N–H and O–H groups in total. The third-order valence-corrected chi connectivity index (χ3v) is 3.98. The van der Waals surface area contributed by atoms with E-state index in [1.807, 2.05) is 0 Å². The molecule has 1 atom stereocenters. The quantitative estimate of drug-likeness (QED) is 0.891. The first-order chi connectivity index (χ1) is 9.56. The molecule has 2 heterocycles. The molecule has 1 saturated heterocycles. The van der Waals surface area contributed by atoms with Gasteiger partial charge in [0.05, 0.1) is 0 Å². The lowest BCUT2D eigenvalue weighted by Gasteiger charge is -2.34. The number of piperidine rings is 1. The molecule has 1 fully saturated rings. The van der Waals surface area contributed by atoms with E-state index in [0.717, 1.165) is 25.3 Å². The van der Waals surface area contributed by atoms with E-state index < -0.39 is 0 Å². The van der Waals surface area contributed by atoms with Crippen LogP contribution < -0.4 is 10.2 Å². The maximum Gasteiger partial charge on any atom is 0.129 e. The molecule has 3 nitrogen and oxygen atoms in total. The molecule has 0 spiro atoms. The number of aryl methyl sites for hydroxylation is 1. The van der Waals surface area contributed by atoms with Crippen molar-refractivity contribution in [3.05, 3.63) is 23.4 Å². The Kier molecular flexibility index (Phi) is 5.41. The normalized spacial score (nSPS) is 19.6. The van der Waals surface area contributed by atoms with Crippen molar-refractivity contribution in [2.24, 2.45) is 5.92 Å². The fraction of sp³-hybridized carbons (Fsp3) is 0.706. The van der Waals surface area contributed by atoms with Crippen LogP contribution in [0.5, 0.6) is 0 Å². The first-order valence-corrected chi connectivity index (χ1v) is 8.01. The molecule has 1 aromatic rings. The maximum absolute atomic E-state index is 4.75. The highest BCUT2D eigenvalue weighted by atomic mass is 15.2. The number of hydrogen-bond acceptors (Lipinski definition) is 3. The van der Waals surface area contributed by atoms with Crippen LogP contribution in [-0.2, 0) is 6.54 Å². The lowest BCUT2D eigenvalue weighted by atomic mass is 10.0. The average Bonchev–Trinajstić information content (AvgIpc) is 2.38. The van der Waals surface area contributed by atoms with E-state index in [4.69, 9.17) is 4.98 Å². The summed E-state index contributed by atoms with van der Waals surface area (Å²) in [5, 5.41) is 3.52. The Hall–Kier alpha value is -1.09. The summed E-state index contributed by atoms with van der Waals surface area (Å²) in [6.07, 6.45) is 3.93. The fourth-order valence-corrected chi connectivity index (χ4v) is 2.91. The van der Waals surface area contributed by atoms with Crippen molar-refractivity contribution in [1.82, 2.24) is 10.3 Å². The molecule has 20 heavy (non-hydrogen) atoms. The van der Waals surface area contributed by atoms with Gasteiger partial charge in [0.15, 0.2) is 0 Å². The van der Waals surface area contributed by atoms with E-state index in [-0.39, 0.29) is 0 Å². The van der Waals surface area contributed by atoms with Crippen LogP contribution in [0.15, 0.2) is 12.1 Å². The highest BCUT2D eigenvalue weighted by Crippen LogP contribution is 2.24. The van der Waals surface area contributed by atoms with Gasteiger partial charge < -0.3 is 10.2 Å². The summed E-state index contributed by atoms with van der Waals surface area (Å²) >= 11 is 0. The number of rotatable bonds is 5. The minimum absolute atomic E-state index is 0.620. The van der Waals surface area contributed by atoms with Crippen LogP contribution >= 0.6 is 0 Å². The highest BCUT2D eigenvalue weighted by molar-refractivity contribution is 5.44. The molecule has 1 aliphatic heterocycles. The summed E-state index contributed by atoms with van der Waals surface area (Å²) < 4.78 is 0. The highest BCUT2D eigenvalue weighted by Gasteiger charge is 2.20. The van der Waals surface area contributed by atoms with Gasteiger partial charge in [-0.25, -0.2) is 4.98 Å². The molecule has 3 heteroatoms. The van der Waals surface area contributed by atoms with E-state index >= 15 is 0 Å². The zero-order valence-corrected chi connectivity index (χ0v) is 13.4. The van der Waals surface area contributed by atoms with E-state index in [0.29, 0.717) is 12.0 Å². The Morgan fingerprint density at radius 3 is 2.85 bits per heavy atom. The van der Waals surface area contributed by atoms with Crippen molar-refractivity contribution in [3.8, 4) is 0 Å². The zero-order valence-electron chi connectivity index (χ0n) is 13.4. The number of hydrogen-bond donors (Lipinski definition) is 1. The number of anilines is 1. The van der Waals surface area contributed by atoms with E-state index in [9.17, 15) is 0 Å². The van der Waals surface area contributed by atoms with Crippen molar-refractivity contribution in [3.63, 3.8) is 0 Å². The second-order valence-electron chi connectivity index (χ2n) is 6.54. The van der Waals surface area contributed by atoms with Gasteiger partial charge in [0.2, 0.25) is 0 Å². The monoisotopic (exact) mass is 275 g/mol. The molecule has 0 saturated carbocycles. The van der Waals surface area contributed by atoms with Crippen LogP contribution in [0, 0.1) is 12.8 Å². The van der Waals surface area contributed by atoms with Gasteiger partial charge in [-0.05, 0) is 63.3 Å². The molecular formula is C17H29N3. The summed E-state index contributed by atoms with van der Waals surface area (Å²) in [4.78, 5) is 7.22. The molecule has 0 aromatic carbocycles. The number of nitrogens with one attached hydrogen (secondary N) is 1. The maximum atomic E-state index is 4.75. The minimum Gasteiger partial charge on any atom is -0.354 e. The van der Waals surface area contributed by atoms with Crippen molar-refractivity contribution in [2.75, 3.05) is 18.0 Å². The molecule has 1 unspecified atom stereocenters. The molecule has 0 radical (unpaired) electrons. The third-order valence-electron chi connectivity index (χ3n) is 3.98. The molecule has 1 aromatic heterocycles. The van der Waals surface area contributed by atoms with Gasteiger partial charge >= 0.3 is 0 Å². The Bertz CT molecular complexity index is 428. The summed E-state index contributed by atoms with van der Waals surface area (Å²) in [5.74, 6) is 1.86. The van der Waals surface area contributed by atoms with Crippen molar-refractivity contribution >= 4 is 5.82 Å². The van der Waals surface area contributed by atoms with Gasteiger partial charge in [-0.3, -0.25) is 0 Å². The number of aromatic nitrogens is 1. The minimum atomic E-state index is 0.620. The van der Waals surface area contributed by atoms with E-state index in [1.165, 1.54) is 30.6 Å². The Labute approximate surface area is 123 Å². The second-order valence-corrected chi connectivity index (χ2v) is 6.54. The van der Waals surface area contributed by atoms with Gasteiger partial charge in [0, 0.05) is 24.8 Å². The van der Waals surface area contributed by atoms with Gasteiger partial charge in [0.25, 0.3) is 0 Å². The first-order valence-electron chi connectivity index (χ1n) is 8.01. The van der Waals surface area contributed by atoms with Gasteiger partial charge in [-0.1, -0.05) is 13.8 Å². The topological polar surface area (TPSA) is 28.2 Å². The van der Waals surface area contributed by atoms with Crippen LogP contribution in [0.2, 0.25) is 0 Å². The Balaban J connectivity index is 2.07. The van der Waals surface area contributed by atoms with Gasteiger partial charge in [0.1, 0.15) is 5.82 Å². The number of pyridine rings is 1. The largest absolute Gasteiger partial charge is 0.354 e. The lowest BCUT2D eigenvalue weighted by molar-refractivity contribution is 0.480. The van der Waals surface area contributed by atoms with Crippen LogP contribution in [0.25, 0.3) is 0 Å². The Morgan fingerprint density at radius 1 is 1.35 bits per heavy atom. The Morgan fingerprint density at radius 2 is 2.15 bits per heavy atom. The molecule has 2 rings (SSSR count). The molecule has 112 valence electrons. The van der Waals surface area contributed by atoms with Crippen LogP contribution in [0.3, 0.4) is 0 Å². The standard InChI is InChI=1S/C17H29N3/c1-13(2)11-18-12-16-9-14(3)19-17(10-16)20-8-6-5-7-15(20)4/h9-10,13,15,18H,5-8,11-12H2,1-4H3. The van der Waals surface area contributed by atoms with Crippen molar-refractivity contribution < 1.29 is 0 Å². The van der Waals surface area contributed by atoms with Gasteiger partial charge in [-0.2, -0.15) is 0 Å². The molecule has 0 aliphatic carbocycles. The lowest BCUT2D eigenvalue weighted by Crippen LogP contribution is -2.38. The predicted octanol–water partition coefficient (Wildman–Crippen LogP) is 3.51. The summed E-state index contributed by atoms with van der Waals surface area (Å²) in [5.41, 5.74) is 2.48. The summed E-state index contributed by atoms with van der Waals surface area (Å²) in [6.45, 7) is 12.1. The summed E-state index contributed by atoms with van der Waals surface area (Å²) in [7, 11) is 0. The SMILES string of the molecule is Cc1cc(CNCC(C)C)cc(N2CCCCC2C)n1. The van der Waals surface area contributed by atoms with Crippen LogP contribution in [-0.4, -0.2) is 24.1 Å². The van der Waals surface area contributed by atoms with E-state index in [2.05, 4.69) is 50.0 Å². The summed E-state index contributed by atoms with van der Waals surface area (Å²) in [6, 6.07) is 5.09. The fourth-order valence-electron chi connectivity index (χ4n) is 2.91. The van der Waals surface area contributed by atoms with E-state index in [1.54, 1.807) is 0 Å². The molecule has 1 aliphatic rings. The van der Waals surface area contributed by atoms with Crippen molar-refractivity contribution in [2.45, 2.75) is 59.5 Å². The second kappa shape index (κ2) is 7.07. The molecule has 0 amide bonds. The predicted molar refractivity (Wildman–Crippen MR) is 86.2 cm³/mol. The zero-order chi connectivity index (χ0) is 14.5. The number of nitrogens with zero attached hydrogens (tertiary/aromatic N) is 2.